The Morgan fingerprint density at radius 1 is 1.53 bits per heavy atom. The van der Waals surface area contributed by atoms with Crippen LogP contribution in [-0.4, -0.2) is 39.4 Å². The van der Waals surface area contributed by atoms with Crippen LogP contribution in [0.15, 0.2) is 18.5 Å². The van der Waals surface area contributed by atoms with Gasteiger partial charge < -0.3 is 19.6 Å². The lowest BCUT2D eigenvalue weighted by molar-refractivity contribution is 0.0594. The molecule has 0 saturated carbocycles. The van der Waals surface area contributed by atoms with Crippen molar-refractivity contribution < 1.29 is 9.53 Å². The Bertz CT molecular complexity index is 546. The number of aromatic nitrogens is 4. The fraction of sp³-hybridized carbons (Fsp3) is 0.417. The maximum Gasteiger partial charge on any atom is 0.354 e. The third kappa shape index (κ3) is 3.41. The highest BCUT2D eigenvalue weighted by Gasteiger charge is 2.07. The van der Waals surface area contributed by atoms with E-state index in [0.29, 0.717) is 12.2 Å². The van der Waals surface area contributed by atoms with E-state index in [0.717, 1.165) is 24.5 Å². The van der Waals surface area contributed by atoms with E-state index in [4.69, 9.17) is 0 Å². The average molecular weight is 263 g/mol. The molecule has 0 spiro atoms. The number of hydrogen-bond donors (Lipinski definition) is 2. The van der Waals surface area contributed by atoms with Gasteiger partial charge in [-0.05, 0) is 12.1 Å². The quantitative estimate of drug-likeness (QED) is 0.577. The van der Waals surface area contributed by atoms with E-state index < -0.39 is 0 Å². The van der Waals surface area contributed by atoms with Crippen LogP contribution in [0, 0.1) is 0 Å². The summed E-state index contributed by atoms with van der Waals surface area (Å²) < 4.78 is 6.52. The summed E-state index contributed by atoms with van der Waals surface area (Å²) in [5.41, 5.74) is 1.41. The minimum Gasteiger partial charge on any atom is -0.464 e. The van der Waals surface area contributed by atoms with E-state index in [9.17, 15) is 4.79 Å². The molecule has 7 heteroatoms. The van der Waals surface area contributed by atoms with Crippen LogP contribution < -0.4 is 5.32 Å². The van der Waals surface area contributed by atoms with Crippen LogP contribution in [0.4, 0.5) is 0 Å². The molecule has 2 aromatic heterocycles. The number of ether oxygens (including phenoxy) is 1. The molecular weight excluding hydrogens is 246 g/mol. The molecule has 0 unspecified atom stereocenters. The Balaban J connectivity index is 1.75. The van der Waals surface area contributed by atoms with Gasteiger partial charge in [-0.3, -0.25) is 0 Å². The number of nitrogens with zero attached hydrogens (tertiary/aromatic N) is 3. The molecule has 0 bridgehead atoms. The zero-order valence-electron chi connectivity index (χ0n) is 11.0. The van der Waals surface area contributed by atoms with Crippen LogP contribution in [-0.2, 0) is 24.8 Å². The zero-order valence-corrected chi connectivity index (χ0v) is 11.0. The number of hydrogen-bond acceptors (Lipinski definition) is 5. The standard InChI is InChI=1S/C12H17N5O2/c1-17-8-14-16-11(17)5-6-13-7-9-3-4-10(15-9)12(18)19-2/h3-4,8,13,15H,5-7H2,1-2H3. The molecule has 0 fully saturated rings. The normalized spacial score (nSPS) is 10.6. The highest BCUT2D eigenvalue weighted by atomic mass is 16.5. The predicted octanol–water partition coefficient (Wildman–Crippen LogP) is 0.262. The average Bonchev–Trinajstić information content (AvgIpc) is 3.03. The van der Waals surface area contributed by atoms with E-state index in [1.54, 1.807) is 12.4 Å². The highest BCUT2D eigenvalue weighted by Crippen LogP contribution is 2.03. The number of methoxy groups -OCH3 is 1. The number of H-pyrrole nitrogens is 1. The SMILES string of the molecule is COC(=O)c1ccc(CNCCc2nncn2C)[nH]1. The Labute approximate surface area is 111 Å². The van der Waals surface area contributed by atoms with Gasteiger partial charge in [-0.2, -0.15) is 0 Å². The maximum absolute atomic E-state index is 11.3. The van der Waals surface area contributed by atoms with Crippen molar-refractivity contribution in [2.24, 2.45) is 7.05 Å². The second-order valence-corrected chi connectivity index (χ2v) is 4.17. The van der Waals surface area contributed by atoms with Crippen molar-refractivity contribution in [3.63, 3.8) is 0 Å². The van der Waals surface area contributed by atoms with E-state index in [2.05, 4.69) is 25.2 Å². The molecule has 7 nitrogen and oxygen atoms in total. The lowest BCUT2D eigenvalue weighted by atomic mass is 10.3. The Hall–Kier alpha value is -2.15. The van der Waals surface area contributed by atoms with Crippen LogP contribution >= 0.6 is 0 Å². The smallest absolute Gasteiger partial charge is 0.354 e. The topological polar surface area (TPSA) is 84.8 Å². The largest absolute Gasteiger partial charge is 0.464 e. The number of aryl methyl sites for hydroxylation is 1. The van der Waals surface area contributed by atoms with E-state index in [-0.39, 0.29) is 5.97 Å². The minimum absolute atomic E-state index is 0.356. The molecule has 2 N–H and O–H groups in total. The van der Waals surface area contributed by atoms with Crippen LogP contribution in [0.25, 0.3) is 0 Å². The first-order valence-electron chi connectivity index (χ1n) is 6.00. The van der Waals surface area contributed by atoms with Gasteiger partial charge in [0, 0.05) is 32.3 Å². The highest BCUT2D eigenvalue weighted by molar-refractivity contribution is 5.87. The van der Waals surface area contributed by atoms with Gasteiger partial charge in [0.25, 0.3) is 0 Å². The fourth-order valence-electron chi connectivity index (χ4n) is 1.73. The summed E-state index contributed by atoms with van der Waals surface area (Å²) in [5.74, 6) is 0.583. The first-order chi connectivity index (χ1) is 9.20. The van der Waals surface area contributed by atoms with Crippen molar-refractivity contribution in [3.05, 3.63) is 35.7 Å². The van der Waals surface area contributed by atoms with Crippen molar-refractivity contribution >= 4 is 5.97 Å². The molecule has 0 amide bonds. The van der Waals surface area contributed by atoms with Gasteiger partial charge in [0.2, 0.25) is 0 Å². The minimum atomic E-state index is -0.356. The Kier molecular flexibility index (Phi) is 4.30. The summed E-state index contributed by atoms with van der Waals surface area (Å²) >= 11 is 0. The number of aromatic amines is 1. The molecule has 2 rings (SSSR count). The zero-order chi connectivity index (χ0) is 13.7. The lowest BCUT2D eigenvalue weighted by Gasteiger charge is -2.03. The molecule has 0 aromatic carbocycles. The molecule has 0 radical (unpaired) electrons. The summed E-state index contributed by atoms with van der Waals surface area (Å²) in [6.07, 6.45) is 2.49. The second-order valence-electron chi connectivity index (χ2n) is 4.17. The summed E-state index contributed by atoms with van der Waals surface area (Å²) in [6.45, 7) is 1.45. The molecule has 102 valence electrons. The first kappa shape index (κ1) is 13.3. The molecule has 19 heavy (non-hydrogen) atoms. The number of esters is 1. The third-order valence-electron chi connectivity index (χ3n) is 2.80. The van der Waals surface area contributed by atoms with Crippen molar-refractivity contribution in [1.29, 1.82) is 0 Å². The van der Waals surface area contributed by atoms with Gasteiger partial charge in [0.15, 0.2) is 0 Å². The van der Waals surface area contributed by atoms with Gasteiger partial charge in [-0.15, -0.1) is 10.2 Å². The fourth-order valence-corrected chi connectivity index (χ4v) is 1.73. The van der Waals surface area contributed by atoms with Crippen molar-refractivity contribution in [2.45, 2.75) is 13.0 Å². The molecule has 0 atom stereocenters. The Morgan fingerprint density at radius 2 is 2.37 bits per heavy atom. The summed E-state index contributed by atoms with van der Waals surface area (Å²) in [4.78, 5) is 14.3. The van der Waals surface area contributed by atoms with Gasteiger partial charge in [0.05, 0.1) is 7.11 Å². The van der Waals surface area contributed by atoms with Crippen molar-refractivity contribution in [1.82, 2.24) is 25.1 Å². The van der Waals surface area contributed by atoms with Gasteiger partial charge in [-0.25, -0.2) is 4.79 Å². The predicted molar refractivity (Wildman–Crippen MR) is 68.5 cm³/mol. The van der Waals surface area contributed by atoms with E-state index >= 15 is 0 Å². The molecule has 0 saturated heterocycles. The van der Waals surface area contributed by atoms with Gasteiger partial charge >= 0.3 is 5.97 Å². The van der Waals surface area contributed by atoms with Crippen LogP contribution in [0.2, 0.25) is 0 Å². The molecule has 2 heterocycles. The molecular formula is C12H17N5O2. The Morgan fingerprint density at radius 3 is 3.05 bits per heavy atom. The van der Waals surface area contributed by atoms with Gasteiger partial charge in [0.1, 0.15) is 17.8 Å². The van der Waals surface area contributed by atoms with Gasteiger partial charge in [-0.1, -0.05) is 0 Å². The number of rotatable bonds is 6. The van der Waals surface area contributed by atoms with E-state index in [1.807, 2.05) is 17.7 Å². The summed E-state index contributed by atoms with van der Waals surface area (Å²) in [7, 11) is 3.28. The molecule has 0 aliphatic carbocycles. The second kappa shape index (κ2) is 6.14. The summed E-state index contributed by atoms with van der Waals surface area (Å²) in [6, 6.07) is 3.58. The molecule has 0 aliphatic heterocycles. The molecule has 2 aromatic rings. The van der Waals surface area contributed by atoms with Crippen LogP contribution in [0.3, 0.4) is 0 Å². The van der Waals surface area contributed by atoms with Crippen molar-refractivity contribution in [2.75, 3.05) is 13.7 Å². The van der Waals surface area contributed by atoms with Crippen LogP contribution in [0.5, 0.6) is 0 Å². The summed E-state index contributed by atoms with van der Waals surface area (Å²) in [5, 5.41) is 11.1. The monoisotopic (exact) mass is 263 g/mol. The first-order valence-corrected chi connectivity index (χ1v) is 6.00. The number of carbonyl (C=O) groups is 1. The van der Waals surface area contributed by atoms with E-state index in [1.165, 1.54) is 7.11 Å². The molecule has 0 aliphatic rings. The lowest BCUT2D eigenvalue weighted by Crippen LogP contribution is -2.18. The third-order valence-corrected chi connectivity index (χ3v) is 2.80. The van der Waals surface area contributed by atoms with Crippen LogP contribution in [0.1, 0.15) is 22.0 Å². The van der Waals surface area contributed by atoms with Crippen molar-refractivity contribution in [3.8, 4) is 0 Å². The maximum atomic E-state index is 11.3. The number of nitrogens with one attached hydrogen (secondary N) is 2. The number of carbonyl (C=O) groups excluding carboxylic acids is 1.